The quantitative estimate of drug-likeness (QED) is 0.387. The van der Waals surface area contributed by atoms with Crippen molar-refractivity contribution in [3.05, 3.63) is 17.0 Å². The van der Waals surface area contributed by atoms with Crippen molar-refractivity contribution >= 4 is 23.6 Å². The predicted octanol–water partition coefficient (Wildman–Crippen LogP) is 3.29. The topological polar surface area (TPSA) is 75.2 Å². The third-order valence-corrected chi connectivity index (χ3v) is 6.02. The molecule has 0 bridgehead atoms. The monoisotopic (exact) mass is 406 g/mol. The van der Waals surface area contributed by atoms with Gasteiger partial charge >= 0.3 is 0 Å². The lowest BCUT2D eigenvalue weighted by Gasteiger charge is -2.31. The fourth-order valence-corrected chi connectivity index (χ4v) is 4.13. The summed E-state index contributed by atoms with van der Waals surface area (Å²) in [5.74, 6) is 0.359. The van der Waals surface area contributed by atoms with Crippen LogP contribution in [-0.4, -0.2) is 52.6 Å². The first-order valence-electron chi connectivity index (χ1n) is 10.4. The van der Waals surface area contributed by atoms with E-state index in [9.17, 15) is 9.59 Å². The van der Waals surface area contributed by atoms with E-state index in [2.05, 4.69) is 22.2 Å². The molecule has 2 amide bonds. The molecule has 2 heterocycles. The normalized spacial score (nSPS) is 14.9. The Morgan fingerprint density at radius 1 is 1.14 bits per heavy atom. The standard InChI is InChI=1S/C21H34N4O2S/c1-5-6-7-12-22-20(27)17-10-13-25(14-11-17)19(26)9-8-18-15(2)23-21(28-4)24-16(18)3/h17H,5-14H2,1-4H3,(H,22,27). The molecule has 28 heavy (non-hydrogen) atoms. The number of aromatic nitrogens is 2. The molecule has 1 N–H and O–H groups in total. The number of piperidine rings is 1. The highest BCUT2D eigenvalue weighted by Crippen LogP contribution is 2.20. The first-order valence-corrected chi connectivity index (χ1v) is 11.6. The second kappa shape index (κ2) is 11.4. The van der Waals surface area contributed by atoms with E-state index in [0.29, 0.717) is 25.9 Å². The van der Waals surface area contributed by atoms with Gasteiger partial charge in [0.05, 0.1) is 0 Å². The lowest BCUT2D eigenvalue weighted by molar-refractivity contribution is -0.135. The first kappa shape index (κ1) is 22.7. The Morgan fingerprint density at radius 3 is 2.36 bits per heavy atom. The summed E-state index contributed by atoms with van der Waals surface area (Å²) in [5.41, 5.74) is 3.00. The molecular formula is C21H34N4O2S. The molecule has 0 unspecified atom stereocenters. The van der Waals surface area contributed by atoms with E-state index in [4.69, 9.17) is 0 Å². The van der Waals surface area contributed by atoms with Crippen molar-refractivity contribution in [3.63, 3.8) is 0 Å². The van der Waals surface area contributed by atoms with Gasteiger partial charge < -0.3 is 10.2 Å². The smallest absolute Gasteiger partial charge is 0.223 e. The summed E-state index contributed by atoms with van der Waals surface area (Å²) in [6.45, 7) is 8.24. The summed E-state index contributed by atoms with van der Waals surface area (Å²) in [6, 6.07) is 0. The van der Waals surface area contributed by atoms with Crippen molar-refractivity contribution in [2.45, 2.75) is 70.9 Å². The zero-order valence-corrected chi connectivity index (χ0v) is 18.5. The summed E-state index contributed by atoms with van der Waals surface area (Å²) >= 11 is 1.53. The van der Waals surface area contributed by atoms with Gasteiger partial charge in [0.2, 0.25) is 11.8 Å². The van der Waals surface area contributed by atoms with Gasteiger partial charge in [0.1, 0.15) is 0 Å². The number of unbranched alkanes of at least 4 members (excludes halogenated alkanes) is 2. The molecule has 1 fully saturated rings. The van der Waals surface area contributed by atoms with Crippen molar-refractivity contribution in [1.82, 2.24) is 20.2 Å². The van der Waals surface area contributed by atoms with Gasteiger partial charge in [0, 0.05) is 43.4 Å². The van der Waals surface area contributed by atoms with E-state index in [1.54, 1.807) is 0 Å². The lowest BCUT2D eigenvalue weighted by atomic mass is 9.95. The van der Waals surface area contributed by atoms with Crippen LogP contribution in [0.5, 0.6) is 0 Å². The van der Waals surface area contributed by atoms with Crippen LogP contribution in [0.4, 0.5) is 0 Å². The summed E-state index contributed by atoms with van der Waals surface area (Å²) in [5, 5.41) is 3.82. The Balaban J connectivity index is 1.77. The Kier molecular flexibility index (Phi) is 9.22. The van der Waals surface area contributed by atoms with Crippen LogP contribution in [0.3, 0.4) is 0 Å². The molecule has 1 aliphatic heterocycles. The summed E-state index contributed by atoms with van der Waals surface area (Å²) in [7, 11) is 0. The van der Waals surface area contributed by atoms with Crippen molar-refractivity contribution in [2.75, 3.05) is 25.9 Å². The van der Waals surface area contributed by atoms with Gasteiger partial charge in [0.15, 0.2) is 5.16 Å². The Hall–Kier alpha value is -1.63. The number of likely N-dealkylation sites (tertiary alicyclic amines) is 1. The lowest BCUT2D eigenvalue weighted by Crippen LogP contribution is -2.43. The number of nitrogens with zero attached hydrogens (tertiary/aromatic N) is 3. The van der Waals surface area contributed by atoms with Crippen LogP contribution in [0, 0.1) is 19.8 Å². The summed E-state index contributed by atoms with van der Waals surface area (Å²) < 4.78 is 0. The van der Waals surface area contributed by atoms with Crippen LogP contribution >= 0.6 is 11.8 Å². The van der Waals surface area contributed by atoms with Crippen molar-refractivity contribution < 1.29 is 9.59 Å². The van der Waals surface area contributed by atoms with E-state index >= 15 is 0 Å². The van der Waals surface area contributed by atoms with Crippen molar-refractivity contribution in [2.24, 2.45) is 5.92 Å². The highest BCUT2D eigenvalue weighted by Gasteiger charge is 2.27. The van der Waals surface area contributed by atoms with Gasteiger partial charge in [-0.25, -0.2) is 9.97 Å². The van der Waals surface area contributed by atoms with E-state index in [1.807, 2.05) is 25.0 Å². The zero-order valence-electron chi connectivity index (χ0n) is 17.7. The van der Waals surface area contributed by atoms with Gasteiger partial charge in [0.25, 0.3) is 0 Å². The van der Waals surface area contributed by atoms with Crippen molar-refractivity contribution in [3.8, 4) is 0 Å². The zero-order chi connectivity index (χ0) is 20.5. The molecule has 1 aromatic heterocycles. The van der Waals surface area contributed by atoms with E-state index in [0.717, 1.165) is 60.8 Å². The van der Waals surface area contributed by atoms with E-state index < -0.39 is 0 Å². The molecule has 0 atom stereocenters. The maximum absolute atomic E-state index is 12.6. The van der Waals surface area contributed by atoms with Gasteiger partial charge in [-0.2, -0.15) is 0 Å². The Morgan fingerprint density at radius 2 is 1.79 bits per heavy atom. The largest absolute Gasteiger partial charge is 0.356 e. The number of aryl methyl sites for hydroxylation is 2. The SMILES string of the molecule is CCCCCNC(=O)C1CCN(C(=O)CCc2c(C)nc(SC)nc2C)CC1. The Labute approximate surface area is 173 Å². The van der Waals surface area contributed by atoms with Gasteiger partial charge in [-0.05, 0) is 51.3 Å². The molecule has 2 rings (SSSR count). The molecule has 1 aliphatic rings. The maximum Gasteiger partial charge on any atom is 0.223 e. The summed E-state index contributed by atoms with van der Waals surface area (Å²) in [6.07, 6.45) is 7.97. The maximum atomic E-state index is 12.6. The molecule has 156 valence electrons. The second-order valence-corrected chi connectivity index (χ2v) is 8.29. The van der Waals surface area contributed by atoms with Crippen LogP contribution in [0.15, 0.2) is 5.16 Å². The molecule has 1 saturated heterocycles. The second-order valence-electron chi connectivity index (χ2n) is 7.51. The number of rotatable bonds is 9. The minimum atomic E-state index is 0.0441. The molecule has 0 saturated carbocycles. The molecular weight excluding hydrogens is 372 g/mol. The highest BCUT2D eigenvalue weighted by molar-refractivity contribution is 7.98. The number of amides is 2. The fraction of sp³-hybridized carbons (Fsp3) is 0.714. The van der Waals surface area contributed by atoms with Crippen LogP contribution in [-0.2, 0) is 16.0 Å². The third kappa shape index (κ3) is 6.47. The van der Waals surface area contributed by atoms with Crippen LogP contribution in [0.1, 0.15) is 62.4 Å². The number of carbonyl (C=O) groups is 2. The minimum absolute atomic E-state index is 0.0441. The van der Waals surface area contributed by atoms with E-state index in [-0.39, 0.29) is 17.7 Å². The number of thioether (sulfide) groups is 1. The summed E-state index contributed by atoms with van der Waals surface area (Å²) in [4.78, 5) is 35.8. The third-order valence-electron chi connectivity index (χ3n) is 5.47. The highest BCUT2D eigenvalue weighted by atomic mass is 32.2. The Bertz CT molecular complexity index is 649. The fourth-order valence-electron chi connectivity index (χ4n) is 3.67. The van der Waals surface area contributed by atoms with Crippen LogP contribution in [0.2, 0.25) is 0 Å². The molecule has 6 nitrogen and oxygen atoms in total. The van der Waals surface area contributed by atoms with Gasteiger partial charge in [-0.15, -0.1) is 0 Å². The molecule has 1 aromatic rings. The average Bonchev–Trinajstić information content (AvgIpc) is 2.70. The van der Waals surface area contributed by atoms with Crippen LogP contribution in [0.25, 0.3) is 0 Å². The minimum Gasteiger partial charge on any atom is -0.356 e. The van der Waals surface area contributed by atoms with Crippen LogP contribution < -0.4 is 5.32 Å². The number of hydrogen-bond acceptors (Lipinski definition) is 5. The first-order chi connectivity index (χ1) is 13.5. The molecule has 0 aliphatic carbocycles. The number of hydrogen-bond donors (Lipinski definition) is 1. The number of carbonyl (C=O) groups excluding carboxylic acids is 2. The van der Waals surface area contributed by atoms with Gasteiger partial charge in [-0.3, -0.25) is 9.59 Å². The predicted molar refractivity (Wildman–Crippen MR) is 113 cm³/mol. The van der Waals surface area contributed by atoms with Gasteiger partial charge in [-0.1, -0.05) is 31.5 Å². The molecule has 0 aromatic carbocycles. The molecule has 7 heteroatoms. The molecule has 0 radical (unpaired) electrons. The van der Waals surface area contributed by atoms with Crippen molar-refractivity contribution in [1.29, 1.82) is 0 Å². The molecule has 0 spiro atoms. The van der Waals surface area contributed by atoms with E-state index in [1.165, 1.54) is 11.8 Å². The average molecular weight is 407 g/mol. The number of nitrogens with one attached hydrogen (secondary N) is 1.